The van der Waals surface area contributed by atoms with Gasteiger partial charge < -0.3 is 4.74 Å². The molecule has 0 N–H and O–H groups in total. The summed E-state index contributed by atoms with van der Waals surface area (Å²) in [6.07, 6.45) is 6.58. The Hall–Kier alpha value is -3.57. The molecule has 1 aliphatic rings. The van der Waals surface area contributed by atoms with Gasteiger partial charge in [0.15, 0.2) is 5.75 Å². The molecule has 140 valence electrons. The number of carbonyl (C=O) groups is 2. The number of amides is 2. The van der Waals surface area contributed by atoms with Gasteiger partial charge in [-0.15, -0.1) is 6.42 Å². The number of nitro groups is 1. The van der Waals surface area contributed by atoms with Crippen LogP contribution in [0, 0.1) is 22.5 Å². The van der Waals surface area contributed by atoms with Gasteiger partial charge in [0.1, 0.15) is 6.61 Å². The van der Waals surface area contributed by atoms with Crippen molar-refractivity contribution < 1.29 is 19.2 Å². The number of hydrogen-bond acceptors (Lipinski definition) is 6. The van der Waals surface area contributed by atoms with Gasteiger partial charge in [0.05, 0.1) is 16.4 Å². The lowest BCUT2D eigenvalue weighted by Crippen LogP contribution is -2.28. The van der Waals surface area contributed by atoms with Gasteiger partial charge in [-0.05, 0) is 35.0 Å². The van der Waals surface area contributed by atoms with Crippen molar-refractivity contribution in [2.24, 2.45) is 0 Å². The summed E-state index contributed by atoms with van der Waals surface area (Å²) in [5.41, 5.74) is 1.06. The molecule has 0 aromatic heterocycles. The lowest BCUT2D eigenvalue weighted by atomic mass is 10.1. The molecule has 7 nitrogen and oxygen atoms in total. The number of imide groups is 1. The third-order valence-corrected chi connectivity index (χ3v) is 4.74. The summed E-state index contributed by atoms with van der Waals surface area (Å²) in [6.45, 7) is 0.0699. The highest BCUT2D eigenvalue weighted by atomic mass is 32.2. The van der Waals surface area contributed by atoms with E-state index >= 15 is 0 Å². The molecule has 2 amide bonds. The number of carbonyl (C=O) groups excluding carboxylic acids is 2. The van der Waals surface area contributed by atoms with Gasteiger partial charge in [-0.1, -0.05) is 42.3 Å². The standard InChI is InChI=1S/C20H14N2O5S/c1-2-10-21-19(23)18(28-20(21)24)12-15-8-9-17(16(11-15)22(25)26)27-13-14-6-4-3-5-7-14/h1,3-9,11-12H,10,13H2/b18-12+. The maximum atomic E-state index is 12.2. The van der Waals surface area contributed by atoms with Crippen LogP contribution in [-0.4, -0.2) is 27.5 Å². The van der Waals surface area contributed by atoms with E-state index in [1.54, 1.807) is 6.07 Å². The van der Waals surface area contributed by atoms with Crippen molar-refractivity contribution >= 4 is 34.7 Å². The van der Waals surface area contributed by atoms with Gasteiger partial charge in [0.2, 0.25) is 0 Å². The summed E-state index contributed by atoms with van der Waals surface area (Å²) in [6, 6.07) is 13.6. The molecule has 0 unspecified atom stereocenters. The second-order valence-corrected chi connectivity index (χ2v) is 6.72. The van der Waals surface area contributed by atoms with Crippen LogP contribution >= 0.6 is 11.8 Å². The van der Waals surface area contributed by atoms with Gasteiger partial charge in [-0.3, -0.25) is 24.6 Å². The van der Waals surface area contributed by atoms with E-state index in [1.165, 1.54) is 18.2 Å². The molecule has 28 heavy (non-hydrogen) atoms. The van der Waals surface area contributed by atoms with Crippen LogP contribution in [0.25, 0.3) is 6.08 Å². The summed E-state index contributed by atoms with van der Waals surface area (Å²) in [4.78, 5) is 36.0. The molecular weight excluding hydrogens is 380 g/mol. The van der Waals surface area contributed by atoms with Crippen LogP contribution in [-0.2, 0) is 11.4 Å². The second-order valence-electron chi connectivity index (χ2n) is 5.73. The number of nitrogens with zero attached hydrogens (tertiary/aromatic N) is 2. The van der Waals surface area contributed by atoms with Crippen LogP contribution in [0.1, 0.15) is 11.1 Å². The Morgan fingerprint density at radius 2 is 1.96 bits per heavy atom. The Morgan fingerprint density at radius 1 is 1.21 bits per heavy atom. The highest BCUT2D eigenvalue weighted by molar-refractivity contribution is 8.18. The van der Waals surface area contributed by atoms with Crippen molar-refractivity contribution in [1.29, 1.82) is 0 Å². The van der Waals surface area contributed by atoms with E-state index < -0.39 is 16.1 Å². The highest BCUT2D eigenvalue weighted by Crippen LogP contribution is 2.34. The molecular formula is C20H14N2O5S. The van der Waals surface area contributed by atoms with Crippen molar-refractivity contribution in [3.05, 3.63) is 74.7 Å². The van der Waals surface area contributed by atoms with Crippen molar-refractivity contribution in [2.75, 3.05) is 6.54 Å². The van der Waals surface area contributed by atoms with Crippen molar-refractivity contribution in [3.8, 4) is 18.1 Å². The van der Waals surface area contributed by atoms with Crippen molar-refractivity contribution in [1.82, 2.24) is 4.90 Å². The van der Waals surface area contributed by atoms with E-state index in [9.17, 15) is 19.7 Å². The fourth-order valence-electron chi connectivity index (χ4n) is 2.50. The summed E-state index contributed by atoms with van der Waals surface area (Å²) < 4.78 is 5.58. The maximum absolute atomic E-state index is 12.2. The molecule has 0 bridgehead atoms. The first kappa shape index (κ1) is 19.2. The molecule has 0 atom stereocenters. The van der Waals surface area contributed by atoms with Crippen LogP contribution in [0.15, 0.2) is 53.4 Å². The minimum atomic E-state index is -0.554. The summed E-state index contributed by atoms with van der Waals surface area (Å²) in [7, 11) is 0. The van der Waals surface area contributed by atoms with E-state index in [4.69, 9.17) is 11.2 Å². The van der Waals surface area contributed by atoms with E-state index in [2.05, 4.69) is 5.92 Å². The highest BCUT2D eigenvalue weighted by Gasteiger charge is 2.34. The van der Waals surface area contributed by atoms with Gasteiger partial charge >= 0.3 is 5.69 Å². The minimum Gasteiger partial charge on any atom is -0.482 e. The Balaban J connectivity index is 1.83. The van der Waals surface area contributed by atoms with E-state index in [-0.39, 0.29) is 29.5 Å². The van der Waals surface area contributed by atoms with E-state index in [1.807, 2.05) is 30.3 Å². The average Bonchev–Trinajstić information content (AvgIpc) is 2.95. The zero-order valence-corrected chi connectivity index (χ0v) is 15.3. The van der Waals surface area contributed by atoms with Crippen LogP contribution in [0.5, 0.6) is 5.75 Å². The van der Waals surface area contributed by atoms with Gasteiger partial charge in [0, 0.05) is 6.07 Å². The second kappa shape index (κ2) is 8.41. The third-order valence-electron chi connectivity index (χ3n) is 3.84. The first-order valence-corrected chi connectivity index (χ1v) is 8.95. The predicted octanol–water partition coefficient (Wildman–Crippen LogP) is 3.84. The first-order valence-electron chi connectivity index (χ1n) is 8.13. The van der Waals surface area contributed by atoms with Crippen molar-refractivity contribution in [2.45, 2.75) is 6.61 Å². The monoisotopic (exact) mass is 394 g/mol. The largest absolute Gasteiger partial charge is 0.482 e. The number of benzene rings is 2. The minimum absolute atomic E-state index is 0.117. The molecule has 2 aromatic rings. The zero-order chi connectivity index (χ0) is 20.1. The molecule has 8 heteroatoms. The zero-order valence-electron chi connectivity index (χ0n) is 14.5. The molecule has 0 aliphatic carbocycles. The summed E-state index contributed by atoms with van der Waals surface area (Å²) in [5.74, 6) is 1.85. The summed E-state index contributed by atoms with van der Waals surface area (Å²) in [5, 5.41) is 11.0. The number of ether oxygens (including phenoxy) is 1. The van der Waals surface area contributed by atoms with Crippen LogP contribution in [0.3, 0.4) is 0 Å². The topological polar surface area (TPSA) is 89.8 Å². The van der Waals surface area contributed by atoms with Gasteiger partial charge in [-0.2, -0.15) is 0 Å². The lowest BCUT2D eigenvalue weighted by molar-refractivity contribution is -0.386. The predicted molar refractivity (Wildman–Crippen MR) is 105 cm³/mol. The molecule has 1 saturated heterocycles. The van der Waals surface area contributed by atoms with Gasteiger partial charge in [-0.25, -0.2) is 0 Å². The normalized spacial score (nSPS) is 15.0. The fourth-order valence-corrected chi connectivity index (χ4v) is 3.34. The number of terminal acetylenes is 1. The number of thioether (sulfide) groups is 1. The molecule has 1 aliphatic heterocycles. The molecule has 2 aromatic carbocycles. The van der Waals surface area contributed by atoms with Gasteiger partial charge in [0.25, 0.3) is 11.1 Å². The molecule has 3 rings (SSSR count). The number of rotatable bonds is 6. The van der Waals surface area contributed by atoms with Crippen LogP contribution in [0.4, 0.5) is 10.5 Å². The molecule has 0 radical (unpaired) electrons. The Morgan fingerprint density at radius 3 is 2.64 bits per heavy atom. The quantitative estimate of drug-likeness (QED) is 0.320. The number of hydrogen-bond donors (Lipinski definition) is 0. The maximum Gasteiger partial charge on any atom is 0.311 e. The van der Waals surface area contributed by atoms with Crippen LogP contribution in [0.2, 0.25) is 0 Å². The molecule has 1 fully saturated rings. The fraction of sp³-hybridized carbons (Fsp3) is 0.100. The van der Waals surface area contributed by atoms with Crippen LogP contribution < -0.4 is 4.74 Å². The van der Waals surface area contributed by atoms with E-state index in [0.717, 1.165) is 22.2 Å². The Kier molecular flexibility index (Phi) is 5.77. The number of nitro benzene ring substituents is 1. The molecule has 0 spiro atoms. The summed E-state index contributed by atoms with van der Waals surface area (Å²) >= 11 is 0.744. The average molecular weight is 394 g/mol. The van der Waals surface area contributed by atoms with Crippen molar-refractivity contribution in [3.63, 3.8) is 0 Å². The Labute approximate surface area is 165 Å². The smallest absolute Gasteiger partial charge is 0.311 e. The molecule has 1 heterocycles. The van der Waals surface area contributed by atoms with E-state index in [0.29, 0.717) is 5.56 Å². The Bertz CT molecular complexity index is 1010. The lowest BCUT2D eigenvalue weighted by Gasteiger charge is -2.08. The third kappa shape index (κ3) is 4.22. The SMILES string of the molecule is C#CCN1C(=O)S/C(=C/c2ccc(OCc3ccccc3)c([N+](=O)[O-])c2)C1=O. The first-order chi connectivity index (χ1) is 13.5. The molecule has 0 saturated carbocycles.